The zero-order valence-electron chi connectivity index (χ0n) is 16.8. The molecule has 0 saturated carbocycles. The highest BCUT2D eigenvalue weighted by atomic mass is 79.9. The summed E-state index contributed by atoms with van der Waals surface area (Å²) < 4.78 is 52.4. The van der Waals surface area contributed by atoms with Gasteiger partial charge in [-0.3, -0.25) is 9.36 Å². The maximum Gasteiger partial charge on any atom is 0.437 e. The number of aliphatic hydroxyl groups excluding tert-OH is 1. The summed E-state index contributed by atoms with van der Waals surface area (Å²) in [5, 5.41) is 29.9. The molecule has 2 aromatic heterocycles. The molecular weight excluding hydrogens is 549 g/mol. The van der Waals surface area contributed by atoms with Crippen molar-refractivity contribution < 1.29 is 32.5 Å². The van der Waals surface area contributed by atoms with E-state index in [0.717, 1.165) is 10.8 Å². The quantitative estimate of drug-likeness (QED) is 0.346. The Morgan fingerprint density at radius 2 is 2.09 bits per heavy atom. The van der Waals surface area contributed by atoms with Crippen molar-refractivity contribution in [3.63, 3.8) is 0 Å². The molecule has 3 rings (SSSR count). The van der Waals surface area contributed by atoms with Gasteiger partial charge in [-0.15, -0.1) is 0 Å². The summed E-state index contributed by atoms with van der Waals surface area (Å²) in [7, 11) is 0. The zero-order chi connectivity index (χ0) is 25.0. The Kier molecular flexibility index (Phi) is 7.65. The average Bonchev–Trinajstić information content (AvgIpc) is 2.77. The Labute approximate surface area is 202 Å². The summed E-state index contributed by atoms with van der Waals surface area (Å²) in [5.74, 6) is -1.41. The number of aliphatic hydroxyl groups is 1. The molecule has 1 N–H and O–H groups in total. The van der Waals surface area contributed by atoms with E-state index in [0.29, 0.717) is 11.1 Å². The highest BCUT2D eigenvalue weighted by molar-refractivity contribution is 9.10. The monoisotopic (exact) mass is 560 g/mol. The predicted molar refractivity (Wildman–Crippen MR) is 115 cm³/mol. The fraction of sp³-hybridized carbons (Fsp3) is 0.200. The van der Waals surface area contributed by atoms with Crippen molar-refractivity contribution >= 4 is 27.5 Å². The van der Waals surface area contributed by atoms with Gasteiger partial charge >= 0.3 is 6.18 Å². The van der Waals surface area contributed by atoms with E-state index in [-0.39, 0.29) is 45.5 Å². The Morgan fingerprint density at radius 3 is 2.71 bits per heavy atom. The molecule has 34 heavy (non-hydrogen) atoms. The van der Waals surface area contributed by atoms with Gasteiger partial charge in [-0.1, -0.05) is 27.5 Å². The minimum Gasteiger partial charge on any atom is -0.618 e. The Bertz CT molecular complexity index is 1330. The first-order valence-electron chi connectivity index (χ1n) is 9.24. The first-order valence-corrected chi connectivity index (χ1v) is 10.4. The van der Waals surface area contributed by atoms with E-state index in [2.05, 4.69) is 20.9 Å². The van der Waals surface area contributed by atoms with Crippen molar-refractivity contribution in [2.75, 3.05) is 13.2 Å². The number of ether oxygens (including phenoxy) is 2. The van der Waals surface area contributed by atoms with E-state index in [4.69, 9.17) is 31.4 Å². The van der Waals surface area contributed by atoms with Crippen LogP contribution in [0.3, 0.4) is 0 Å². The van der Waals surface area contributed by atoms with Crippen LogP contribution in [0.1, 0.15) is 17.0 Å². The second kappa shape index (κ2) is 10.3. The van der Waals surface area contributed by atoms with Gasteiger partial charge in [0.2, 0.25) is 17.6 Å². The largest absolute Gasteiger partial charge is 0.618 e. The molecular formula is C20H13BrClF3N4O5. The van der Waals surface area contributed by atoms with Crippen LogP contribution in [-0.2, 0) is 12.7 Å². The van der Waals surface area contributed by atoms with Gasteiger partial charge in [-0.05, 0) is 18.2 Å². The number of benzene rings is 1. The van der Waals surface area contributed by atoms with Gasteiger partial charge in [-0.2, -0.15) is 23.2 Å². The zero-order valence-corrected chi connectivity index (χ0v) is 19.2. The van der Waals surface area contributed by atoms with Gasteiger partial charge in [0, 0.05) is 10.5 Å². The van der Waals surface area contributed by atoms with Gasteiger partial charge in [0.25, 0.3) is 5.56 Å². The van der Waals surface area contributed by atoms with Gasteiger partial charge < -0.3 is 19.8 Å². The third kappa shape index (κ3) is 5.58. The lowest BCUT2D eigenvalue weighted by molar-refractivity contribution is -0.614. The van der Waals surface area contributed by atoms with Crippen LogP contribution >= 0.6 is 27.5 Å². The number of nitrogens with zero attached hydrogens (tertiary/aromatic N) is 4. The van der Waals surface area contributed by atoms with Crippen LogP contribution < -0.4 is 19.8 Å². The van der Waals surface area contributed by atoms with Crippen molar-refractivity contribution in [2.24, 2.45) is 0 Å². The normalized spacial score (nSPS) is 11.2. The first kappa shape index (κ1) is 25.3. The van der Waals surface area contributed by atoms with E-state index in [1.54, 1.807) is 6.07 Å². The minimum atomic E-state index is -5.05. The smallest absolute Gasteiger partial charge is 0.437 e. The van der Waals surface area contributed by atoms with E-state index in [1.165, 1.54) is 24.3 Å². The van der Waals surface area contributed by atoms with E-state index >= 15 is 0 Å². The molecule has 0 saturated heterocycles. The van der Waals surface area contributed by atoms with Gasteiger partial charge in [0.05, 0.1) is 18.5 Å². The number of aromatic nitrogens is 3. The maximum atomic E-state index is 13.6. The molecule has 0 amide bonds. The van der Waals surface area contributed by atoms with Crippen molar-refractivity contribution in [1.82, 2.24) is 9.55 Å². The lowest BCUT2D eigenvalue weighted by Crippen LogP contribution is -2.35. The lowest BCUT2D eigenvalue weighted by Gasteiger charge is -2.15. The summed E-state index contributed by atoms with van der Waals surface area (Å²) in [6.45, 7) is -0.762. The first-order chi connectivity index (χ1) is 16.0. The molecule has 14 heteroatoms. The van der Waals surface area contributed by atoms with E-state index in [1.807, 2.05) is 0 Å². The van der Waals surface area contributed by atoms with E-state index < -0.39 is 29.7 Å². The van der Waals surface area contributed by atoms with E-state index in [9.17, 15) is 23.2 Å². The minimum absolute atomic E-state index is 0.0155. The number of hydrogen-bond donors (Lipinski definition) is 1. The average molecular weight is 562 g/mol. The van der Waals surface area contributed by atoms with Crippen molar-refractivity contribution in [2.45, 2.75) is 12.7 Å². The molecule has 0 spiro atoms. The van der Waals surface area contributed by atoms with Crippen molar-refractivity contribution in [1.29, 1.82) is 5.26 Å². The third-order valence-electron chi connectivity index (χ3n) is 4.26. The van der Waals surface area contributed by atoms with Gasteiger partial charge in [0.1, 0.15) is 30.0 Å². The maximum absolute atomic E-state index is 13.6. The Balaban J connectivity index is 2.05. The molecule has 0 unspecified atom stereocenters. The summed E-state index contributed by atoms with van der Waals surface area (Å²) >= 11 is 9.13. The fourth-order valence-corrected chi connectivity index (χ4v) is 3.37. The molecule has 0 atom stereocenters. The molecule has 0 bridgehead atoms. The summed E-state index contributed by atoms with van der Waals surface area (Å²) in [6, 6.07) is 6.97. The second-order valence-corrected chi connectivity index (χ2v) is 7.88. The molecule has 0 aliphatic carbocycles. The van der Waals surface area contributed by atoms with Crippen molar-refractivity contribution in [3.05, 3.63) is 78.8 Å². The number of pyridine rings is 1. The molecule has 2 heterocycles. The van der Waals surface area contributed by atoms with Crippen LogP contribution in [0.2, 0.25) is 5.02 Å². The molecule has 178 valence electrons. The van der Waals surface area contributed by atoms with Gasteiger partial charge in [0.15, 0.2) is 11.4 Å². The number of nitriles is 1. The van der Waals surface area contributed by atoms with Crippen LogP contribution in [0, 0.1) is 16.5 Å². The molecule has 3 aromatic rings. The molecule has 0 aliphatic rings. The van der Waals surface area contributed by atoms with Crippen LogP contribution in [0.4, 0.5) is 13.2 Å². The molecule has 0 radical (unpaired) electrons. The molecule has 9 nitrogen and oxygen atoms in total. The number of halogens is 5. The molecule has 0 aliphatic heterocycles. The number of hydrogen-bond acceptors (Lipinski definition) is 7. The highest BCUT2D eigenvalue weighted by Crippen LogP contribution is 2.38. The third-order valence-corrected chi connectivity index (χ3v) is 5.11. The van der Waals surface area contributed by atoms with Crippen LogP contribution in [-0.4, -0.2) is 27.9 Å². The fourth-order valence-electron chi connectivity index (χ4n) is 2.75. The molecule has 0 fully saturated rings. The topological polar surface area (TPSA) is 124 Å². The van der Waals surface area contributed by atoms with Crippen molar-refractivity contribution in [3.8, 4) is 23.3 Å². The Morgan fingerprint density at radius 1 is 1.35 bits per heavy atom. The van der Waals surface area contributed by atoms with Crippen LogP contribution in [0.5, 0.6) is 17.2 Å². The Hall–Kier alpha value is -3.34. The number of alkyl halides is 3. The standard InChI is InChI=1S/C20H13BrClF3N4O5/c21-12-5-11(7-26)16(22)15(6-12)34-17-18(20(23,24)25)27-10-28(19(17)31)8-13-1-2-14(9-29(13)32)33-4-3-30/h1-2,5-6,9-10,30H,3-4,8H2. The number of rotatable bonds is 7. The lowest BCUT2D eigenvalue weighted by atomic mass is 10.2. The molecule has 1 aromatic carbocycles. The summed E-state index contributed by atoms with van der Waals surface area (Å²) in [5.41, 5.74) is -2.96. The highest BCUT2D eigenvalue weighted by Gasteiger charge is 2.39. The van der Waals surface area contributed by atoms with Crippen LogP contribution in [0.25, 0.3) is 0 Å². The van der Waals surface area contributed by atoms with Crippen LogP contribution in [0.15, 0.2) is 46.1 Å². The van der Waals surface area contributed by atoms with Gasteiger partial charge in [-0.25, -0.2) is 4.98 Å². The summed E-state index contributed by atoms with van der Waals surface area (Å²) in [6.07, 6.45) is -3.37. The summed E-state index contributed by atoms with van der Waals surface area (Å²) in [4.78, 5) is 16.2. The second-order valence-electron chi connectivity index (χ2n) is 6.59. The predicted octanol–water partition coefficient (Wildman–Crippen LogP) is 3.39. The SMILES string of the molecule is N#Cc1cc(Br)cc(Oc2c(C(F)(F)F)ncn(Cc3ccc(OCCO)c[n+]3[O-])c2=O)c1Cl.